The predicted octanol–water partition coefficient (Wildman–Crippen LogP) is 5.45. The van der Waals surface area contributed by atoms with Crippen molar-refractivity contribution in [3.63, 3.8) is 0 Å². The van der Waals surface area contributed by atoms with Gasteiger partial charge in [0, 0.05) is 36.3 Å². The number of hydrogen-bond acceptors (Lipinski definition) is 5. The molecule has 2 aromatic carbocycles. The van der Waals surface area contributed by atoms with Gasteiger partial charge in [-0.25, -0.2) is 4.99 Å². The van der Waals surface area contributed by atoms with Crippen LogP contribution in [-0.4, -0.2) is 30.7 Å². The topological polar surface area (TPSA) is 62.1 Å². The third-order valence-electron chi connectivity index (χ3n) is 5.71. The molecule has 0 unspecified atom stereocenters. The Labute approximate surface area is 195 Å². The Morgan fingerprint density at radius 1 is 1.06 bits per heavy atom. The normalized spacial score (nSPS) is 16.3. The summed E-state index contributed by atoms with van der Waals surface area (Å²) in [7, 11) is 2.09. The molecule has 6 nitrogen and oxygen atoms in total. The van der Waals surface area contributed by atoms with Gasteiger partial charge in [-0.15, -0.1) is 0 Å². The van der Waals surface area contributed by atoms with Crippen molar-refractivity contribution in [3.8, 4) is 5.75 Å². The molecule has 1 aliphatic heterocycles. The second kappa shape index (κ2) is 9.69. The molecule has 168 valence electrons. The van der Waals surface area contributed by atoms with E-state index < -0.39 is 0 Å². The highest BCUT2D eigenvalue weighted by atomic mass is 16.5. The molecule has 6 heteroatoms. The number of para-hydroxylation sites is 1. The molecule has 33 heavy (non-hydrogen) atoms. The molecule has 0 saturated carbocycles. The quantitative estimate of drug-likeness (QED) is 0.315. The van der Waals surface area contributed by atoms with Gasteiger partial charge in [0.15, 0.2) is 5.84 Å². The highest BCUT2D eigenvalue weighted by Gasteiger charge is 2.37. The number of benzene rings is 2. The summed E-state index contributed by atoms with van der Waals surface area (Å²) in [6.45, 7) is 7.06. The zero-order valence-electron chi connectivity index (χ0n) is 19.5. The number of amidine groups is 1. The Balaban J connectivity index is 1.56. The van der Waals surface area contributed by atoms with E-state index >= 15 is 0 Å². The Hall–Kier alpha value is -3.93. The van der Waals surface area contributed by atoms with Crippen LogP contribution in [0.2, 0.25) is 0 Å². The van der Waals surface area contributed by atoms with Crippen molar-refractivity contribution in [1.29, 1.82) is 0 Å². The average molecular weight is 440 g/mol. The zero-order chi connectivity index (χ0) is 23.3. The highest BCUT2D eigenvalue weighted by molar-refractivity contribution is 5.99. The zero-order valence-corrected chi connectivity index (χ0v) is 19.5. The molecular weight excluding hydrogens is 410 g/mol. The molecule has 1 N–H and O–H groups in total. The largest absolute Gasteiger partial charge is 0.494 e. The maximum atomic E-state index is 5.52. The number of ether oxygens (including phenoxy) is 1. The van der Waals surface area contributed by atoms with Crippen LogP contribution in [0.3, 0.4) is 0 Å². The highest BCUT2D eigenvalue weighted by Crippen LogP contribution is 2.46. The van der Waals surface area contributed by atoms with E-state index in [1.807, 2.05) is 55.5 Å². The van der Waals surface area contributed by atoms with Gasteiger partial charge in [-0.3, -0.25) is 10.4 Å². The smallest absolute Gasteiger partial charge is 0.172 e. The molecule has 1 aliphatic rings. The van der Waals surface area contributed by atoms with Crippen LogP contribution < -0.4 is 15.1 Å². The SMILES string of the molecule is CCOc1ccc(N=C(N/N=C/C=C2N(C)c3ccccc3C2(C)C)c2ccccn2)cc1. The number of aliphatic imine (C=N–C) groups is 1. The first-order chi connectivity index (χ1) is 16.0. The maximum absolute atomic E-state index is 5.52. The molecule has 0 fully saturated rings. The van der Waals surface area contributed by atoms with Crippen molar-refractivity contribution >= 4 is 23.4 Å². The third kappa shape index (κ3) is 4.80. The second-order valence-corrected chi connectivity index (χ2v) is 8.25. The van der Waals surface area contributed by atoms with E-state index in [9.17, 15) is 0 Å². The number of nitrogens with one attached hydrogen (secondary N) is 1. The molecule has 0 saturated heterocycles. The summed E-state index contributed by atoms with van der Waals surface area (Å²) < 4.78 is 5.52. The Kier molecular flexibility index (Phi) is 6.54. The Morgan fingerprint density at radius 2 is 1.82 bits per heavy atom. The van der Waals surface area contributed by atoms with Crippen molar-refractivity contribution in [2.45, 2.75) is 26.2 Å². The molecule has 1 aromatic heterocycles. The van der Waals surface area contributed by atoms with Gasteiger partial charge in [0.2, 0.25) is 0 Å². The minimum Gasteiger partial charge on any atom is -0.494 e. The first-order valence-corrected chi connectivity index (χ1v) is 11.1. The van der Waals surface area contributed by atoms with Gasteiger partial charge in [0.1, 0.15) is 11.4 Å². The molecule has 3 aromatic rings. The summed E-state index contributed by atoms with van der Waals surface area (Å²) in [6.07, 6.45) is 5.56. The van der Waals surface area contributed by atoms with Gasteiger partial charge in [-0.05, 0) is 61.0 Å². The van der Waals surface area contributed by atoms with Gasteiger partial charge in [-0.1, -0.05) is 38.1 Å². The number of likely N-dealkylation sites (N-methyl/N-ethyl adjacent to an activating group) is 1. The lowest BCUT2D eigenvalue weighted by Crippen LogP contribution is -2.23. The van der Waals surface area contributed by atoms with Crippen molar-refractivity contribution < 1.29 is 4.74 Å². The lowest BCUT2D eigenvalue weighted by atomic mass is 9.84. The molecule has 4 rings (SSSR count). The number of rotatable bonds is 6. The number of hydrazone groups is 1. The fraction of sp³-hybridized carbons (Fsp3) is 0.222. The number of anilines is 1. The number of pyridine rings is 1. The van der Waals surface area contributed by atoms with E-state index in [1.54, 1.807) is 12.4 Å². The lowest BCUT2D eigenvalue weighted by molar-refractivity contribution is 0.340. The van der Waals surface area contributed by atoms with Gasteiger partial charge in [-0.2, -0.15) is 5.10 Å². The summed E-state index contributed by atoms with van der Waals surface area (Å²) in [4.78, 5) is 11.4. The number of allylic oxidation sites excluding steroid dienone is 2. The van der Waals surface area contributed by atoms with Crippen LogP contribution in [0.5, 0.6) is 5.75 Å². The van der Waals surface area contributed by atoms with Crippen LogP contribution >= 0.6 is 0 Å². The number of nitrogens with zero attached hydrogens (tertiary/aromatic N) is 4. The summed E-state index contributed by atoms with van der Waals surface area (Å²) in [5, 5.41) is 4.44. The monoisotopic (exact) mass is 439 g/mol. The summed E-state index contributed by atoms with van der Waals surface area (Å²) in [6, 6.07) is 21.8. The standard InChI is InChI=1S/C27H29N5O/c1-5-33-21-15-13-20(14-16-21)30-26(23-11-8-9-18-28-23)31-29-19-17-25-27(2,3)22-10-6-7-12-24(22)32(25)4/h6-19H,5H2,1-4H3,(H,30,31)/b25-17?,29-19+. The van der Waals surface area contributed by atoms with Crippen LogP contribution in [0.4, 0.5) is 11.4 Å². The van der Waals surface area contributed by atoms with Crippen LogP contribution in [0, 0.1) is 0 Å². The van der Waals surface area contributed by atoms with Crippen molar-refractivity contribution in [2.75, 3.05) is 18.6 Å². The summed E-state index contributed by atoms with van der Waals surface area (Å²) in [5.41, 5.74) is 8.18. The minimum absolute atomic E-state index is 0.0996. The number of hydrogen-bond donors (Lipinski definition) is 1. The Bertz CT molecular complexity index is 1180. The van der Waals surface area contributed by atoms with Gasteiger partial charge in [0.25, 0.3) is 0 Å². The predicted molar refractivity (Wildman–Crippen MR) is 136 cm³/mol. The van der Waals surface area contributed by atoms with Crippen molar-refractivity contribution in [2.24, 2.45) is 10.1 Å². The molecule has 2 heterocycles. The van der Waals surface area contributed by atoms with E-state index in [1.165, 1.54) is 16.9 Å². The lowest BCUT2D eigenvalue weighted by Gasteiger charge is -2.23. The molecule has 0 bridgehead atoms. The Morgan fingerprint density at radius 3 is 2.52 bits per heavy atom. The first kappa shape index (κ1) is 22.3. The van der Waals surface area contributed by atoms with E-state index in [0.29, 0.717) is 18.1 Å². The molecule has 0 radical (unpaired) electrons. The van der Waals surface area contributed by atoms with E-state index in [0.717, 1.165) is 11.4 Å². The average Bonchev–Trinajstić information content (AvgIpc) is 3.03. The minimum atomic E-state index is -0.0996. The third-order valence-corrected chi connectivity index (χ3v) is 5.71. The van der Waals surface area contributed by atoms with Crippen molar-refractivity contribution in [1.82, 2.24) is 10.4 Å². The molecule has 0 amide bonds. The fourth-order valence-electron chi connectivity index (χ4n) is 4.06. The second-order valence-electron chi connectivity index (χ2n) is 8.25. The van der Waals surface area contributed by atoms with E-state index in [4.69, 9.17) is 9.73 Å². The van der Waals surface area contributed by atoms with E-state index in [-0.39, 0.29) is 5.41 Å². The molecular formula is C27H29N5O. The molecule has 0 aliphatic carbocycles. The number of aromatic nitrogens is 1. The summed E-state index contributed by atoms with van der Waals surface area (Å²) in [5.74, 6) is 1.38. The summed E-state index contributed by atoms with van der Waals surface area (Å²) >= 11 is 0. The van der Waals surface area contributed by atoms with Gasteiger partial charge >= 0.3 is 0 Å². The maximum Gasteiger partial charge on any atom is 0.172 e. The van der Waals surface area contributed by atoms with Crippen LogP contribution in [-0.2, 0) is 5.41 Å². The first-order valence-electron chi connectivity index (χ1n) is 11.1. The van der Waals surface area contributed by atoms with Crippen molar-refractivity contribution in [3.05, 3.63) is 96.0 Å². The molecule has 0 atom stereocenters. The van der Waals surface area contributed by atoms with Gasteiger partial charge < -0.3 is 9.64 Å². The van der Waals surface area contributed by atoms with Crippen LogP contribution in [0.1, 0.15) is 32.0 Å². The molecule has 0 spiro atoms. The van der Waals surface area contributed by atoms with Gasteiger partial charge in [0.05, 0.1) is 12.3 Å². The number of fused-ring (bicyclic) bond motifs is 1. The fourth-order valence-corrected chi connectivity index (χ4v) is 4.06. The van der Waals surface area contributed by atoms with Crippen LogP contribution in [0.15, 0.2) is 94.8 Å². The van der Waals surface area contributed by atoms with Crippen LogP contribution in [0.25, 0.3) is 0 Å². The van der Waals surface area contributed by atoms with E-state index in [2.05, 4.69) is 65.6 Å².